The van der Waals surface area contributed by atoms with E-state index in [1.807, 2.05) is 36.4 Å². The maximum Gasteiger partial charge on any atom is 0.130 e. The molecule has 1 heterocycles. The van der Waals surface area contributed by atoms with Gasteiger partial charge in [-0.05, 0) is 41.7 Å². The lowest BCUT2D eigenvalue weighted by atomic mass is 9.91. The Morgan fingerprint density at radius 1 is 1.14 bits per heavy atom. The van der Waals surface area contributed by atoms with Gasteiger partial charge in [-0.3, -0.25) is 4.98 Å². The van der Waals surface area contributed by atoms with Crippen molar-refractivity contribution >= 4 is 0 Å². The molecule has 152 valence electrons. The number of pyridine rings is 1. The predicted molar refractivity (Wildman–Crippen MR) is 108 cm³/mol. The quantitative estimate of drug-likeness (QED) is 0.649. The lowest BCUT2D eigenvalue weighted by Gasteiger charge is -2.25. The monoisotopic (exact) mass is 385 g/mol. The Labute approximate surface area is 167 Å². The molecule has 1 aromatic heterocycles. The molecule has 5 nitrogen and oxygen atoms in total. The molecule has 0 amide bonds. The normalized spacial score (nSPS) is 21.0. The van der Waals surface area contributed by atoms with Crippen LogP contribution in [0.15, 0.2) is 36.4 Å². The number of unbranched alkanes of at least 4 members (excludes halogenated alkanes) is 1. The molecule has 0 spiro atoms. The van der Waals surface area contributed by atoms with Crippen molar-refractivity contribution in [3.8, 4) is 5.75 Å². The third kappa shape index (κ3) is 5.10. The van der Waals surface area contributed by atoms with Crippen molar-refractivity contribution < 1.29 is 20.1 Å². The molecule has 0 fully saturated rings. The van der Waals surface area contributed by atoms with Crippen molar-refractivity contribution in [2.75, 3.05) is 0 Å². The van der Waals surface area contributed by atoms with Crippen molar-refractivity contribution in [1.29, 1.82) is 0 Å². The maximum atomic E-state index is 10.6. The van der Waals surface area contributed by atoms with E-state index in [0.29, 0.717) is 25.2 Å². The topological polar surface area (TPSA) is 82.8 Å². The number of benzene rings is 1. The zero-order valence-corrected chi connectivity index (χ0v) is 16.7. The van der Waals surface area contributed by atoms with Crippen LogP contribution in [0.5, 0.6) is 5.75 Å². The Bertz CT molecular complexity index is 779. The van der Waals surface area contributed by atoms with E-state index in [1.54, 1.807) is 0 Å². The molecule has 4 atom stereocenters. The zero-order valence-electron chi connectivity index (χ0n) is 16.7. The minimum atomic E-state index is -0.760. The van der Waals surface area contributed by atoms with Gasteiger partial charge < -0.3 is 20.1 Å². The summed E-state index contributed by atoms with van der Waals surface area (Å²) in [6.07, 6.45) is 2.07. The highest BCUT2D eigenvalue weighted by atomic mass is 16.5. The van der Waals surface area contributed by atoms with E-state index in [4.69, 9.17) is 4.74 Å². The number of fused-ring (bicyclic) bond motifs is 1. The third-order valence-electron chi connectivity index (χ3n) is 5.54. The maximum absolute atomic E-state index is 10.6. The third-order valence-corrected chi connectivity index (χ3v) is 5.54. The summed E-state index contributed by atoms with van der Waals surface area (Å²) >= 11 is 0. The minimum absolute atomic E-state index is 0.208. The zero-order chi connectivity index (χ0) is 20.1. The molecule has 0 radical (unpaired) electrons. The van der Waals surface area contributed by atoms with E-state index >= 15 is 0 Å². The summed E-state index contributed by atoms with van der Waals surface area (Å²) in [5.74, 6) is 0.911. The number of hydrogen-bond donors (Lipinski definition) is 3. The lowest BCUT2D eigenvalue weighted by molar-refractivity contribution is 0.0131. The molecule has 5 heteroatoms. The molecular formula is C23H31NO4. The van der Waals surface area contributed by atoms with Gasteiger partial charge in [-0.1, -0.05) is 44.9 Å². The molecule has 1 aliphatic carbocycles. The molecule has 2 aromatic rings. The molecule has 1 aliphatic rings. The first-order valence-corrected chi connectivity index (χ1v) is 10.2. The number of aliphatic hydroxyl groups is 3. The molecular weight excluding hydrogens is 354 g/mol. The van der Waals surface area contributed by atoms with Gasteiger partial charge in [0.25, 0.3) is 0 Å². The van der Waals surface area contributed by atoms with Crippen molar-refractivity contribution in [2.45, 2.75) is 70.9 Å². The number of ether oxygens (including phenoxy) is 1. The molecule has 0 saturated carbocycles. The Hall–Kier alpha value is -1.95. The number of aliphatic hydroxyl groups excluding tert-OH is 3. The Morgan fingerprint density at radius 2 is 1.93 bits per heavy atom. The van der Waals surface area contributed by atoms with Gasteiger partial charge in [0.15, 0.2) is 0 Å². The Kier molecular flexibility index (Phi) is 7.05. The van der Waals surface area contributed by atoms with Crippen molar-refractivity contribution in [3.05, 3.63) is 58.9 Å². The highest BCUT2D eigenvalue weighted by Crippen LogP contribution is 2.28. The first-order chi connectivity index (χ1) is 13.5. The highest BCUT2D eigenvalue weighted by molar-refractivity contribution is 5.31. The van der Waals surface area contributed by atoms with Gasteiger partial charge in [-0.25, -0.2) is 0 Å². The van der Waals surface area contributed by atoms with Crippen LogP contribution in [0, 0.1) is 5.92 Å². The summed E-state index contributed by atoms with van der Waals surface area (Å²) in [5, 5.41) is 30.2. The van der Waals surface area contributed by atoms with Crippen molar-refractivity contribution in [2.24, 2.45) is 5.92 Å². The van der Waals surface area contributed by atoms with E-state index < -0.39 is 18.3 Å². The molecule has 0 saturated heterocycles. The Balaban J connectivity index is 1.63. The highest BCUT2D eigenvalue weighted by Gasteiger charge is 2.26. The summed E-state index contributed by atoms with van der Waals surface area (Å²) in [6, 6.07) is 11.5. The van der Waals surface area contributed by atoms with Crippen LogP contribution < -0.4 is 4.74 Å². The fraction of sp³-hybridized carbons (Fsp3) is 0.522. The van der Waals surface area contributed by atoms with Crippen molar-refractivity contribution in [1.82, 2.24) is 4.98 Å². The predicted octanol–water partition coefficient (Wildman–Crippen LogP) is 3.34. The summed E-state index contributed by atoms with van der Waals surface area (Å²) < 4.78 is 5.90. The average Bonchev–Trinajstić information content (AvgIpc) is 2.71. The number of hydrogen-bond acceptors (Lipinski definition) is 5. The van der Waals surface area contributed by atoms with Crippen LogP contribution in [0.3, 0.4) is 0 Å². The smallest absolute Gasteiger partial charge is 0.130 e. The molecule has 28 heavy (non-hydrogen) atoms. The van der Waals surface area contributed by atoms with Gasteiger partial charge in [0.05, 0.1) is 24.0 Å². The van der Waals surface area contributed by atoms with Crippen LogP contribution in [0.25, 0.3) is 0 Å². The molecule has 1 aromatic carbocycles. The fourth-order valence-corrected chi connectivity index (χ4v) is 3.67. The van der Waals surface area contributed by atoms with E-state index in [0.717, 1.165) is 41.8 Å². The second-order valence-electron chi connectivity index (χ2n) is 7.88. The van der Waals surface area contributed by atoms with Crippen LogP contribution in [0.2, 0.25) is 0 Å². The summed E-state index contributed by atoms with van der Waals surface area (Å²) in [5.41, 5.74) is 3.46. The number of nitrogens with zero attached hydrogens (tertiary/aromatic N) is 1. The van der Waals surface area contributed by atoms with Gasteiger partial charge in [0.1, 0.15) is 12.4 Å². The second kappa shape index (κ2) is 9.50. The second-order valence-corrected chi connectivity index (χ2v) is 7.88. The van der Waals surface area contributed by atoms with Crippen LogP contribution in [0.1, 0.15) is 61.7 Å². The molecule has 4 unspecified atom stereocenters. The fourth-order valence-electron chi connectivity index (χ4n) is 3.67. The van der Waals surface area contributed by atoms with E-state index in [9.17, 15) is 15.3 Å². The van der Waals surface area contributed by atoms with Gasteiger partial charge in [-0.2, -0.15) is 0 Å². The summed E-state index contributed by atoms with van der Waals surface area (Å²) in [7, 11) is 0. The van der Waals surface area contributed by atoms with Crippen LogP contribution in [-0.4, -0.2) is 32.5 Å². The van der Waals surface area contributed by atoms with Crippen LogP contribution in [-0.2, 0) is 19.4 Å². The van der Waals surface area contributed by atoms with Gasteiger partial charge in [0.2, 0.25) is 0 Å². The molecule has 0 bridgehead atoms. The largest absolute Gasteiger partial charge is 0.487 e. The molecule has 0 aliphatic heterocycles. The van der Waals surface area contributed by atoms with Gasteiger partial charge in [-0.15, -0.1) is 0 Å². The molecule has 3 rings (SSSR count). The van der Waals surface area contributed by atoms with Crippen molar-refractivity contribution in [3.63, 3.8) is 0 Å². The molecule has 3 N–H and O–H groups in total. The van der Waals surface area contributed by atoms with E-state index in [2.05, 4.69) is 18.8 Å². The first-order valence-electron chi connectivity index (χ1n) is 10.2. The summed E-state index contributed by atoms with van der Waals surface area (Å²) in [6.45, 7) is 4.55. The average molecular weight is 386 g/mol. The number of rotatable bonds is 8. The Morgan fingerprint density at radius 3 is 2.71 bits per heavy atom. The number of aromatic nitrogens is 1. The van der Waals surface area contributed by atoms with Crippen LogP contribution in [0.4, 0.5) is 0 Å². The summed E-state index contributed by atoms with van der Waals surface area (Å²) in [4.78, 5) is 4.59. The lowest BCUT2D eigenvalue weighted by Crippen LogP contribution is -2.35. The first kappa shape index (κ1) is 20.8. The van der Waals surface area contributed by atoms with Gasteiger partial charge in [0, 0.05) is 18.5 Å². The SMILES string of the molecule is CCCCC(C)C(O)c1cccc(OCc2ccc3c(n2)CC(O)C(O)C3)c1. The standard InChI is InChI=1S/C23H31NO4/c1-3-4-6-15(2)23(27)17-7-5-8-19(11-17)28-14-18-10-9-16-12-21(25)22(26)13-20(16)24-18/h5,7-11,15,21-23,25-27H,3-4,6,12-14H2,1-2H3. The van der Waals surface area contributed by atoms with Gasteiger partial charge >= 0.3 is 0 Å². The van der Waals surface area contributed by atoms with E-state index in [-0.39, 0.29) is 5.92 Å². The van der Waals surface area contributed by atoms with Crippen LogP contribution >= 0.6 is 0 Å². The van der Waals surface area contributed by atoms with E-state index in [1.165, 1.54) is 0 Å². The minimum Gasteiger partial charge on any atom is -0.487 e.